The summed E-state index contributed by atoms with van der Waals surface area (Å²) in [5, 5.41) is 15.0. The van der Waals surface area contributed by atoms with Gasteiger partial charge in [0.2, 0.25) is 0 Å². The van der Waals surface area contributed by atoms with Gasteiger partial charge in [-0.3, -0.25) is 9.69 Å². The van der Waals surface area contributed by atoms with Gasteiger partial charge in [0.15, 0.2) is 0 Å². The standard InChI is InChI=1S/C24H28N4O2S/c1-2-27-11-13-28(14-12-27)16-20-6-4-3-5-19(20)15-25-23(30)22-17-31-24(26-22)18-7-9-21(29)10-8-18/h3-10,17,29H,2,11-16H2,1H3,(H,25,30). The SMILES string of the molecule is CCN1CCN(Cc2ccccc2CNC(=O)c2csc(-c3ccc(O)cc3)n2)CC1. The van der Waals surface area contributed by atoms with E-state index in [0.29, 0.717) is 12.2 Å². The predicted octanol–water partition coefficient (Wildman–Crippen LogP) is 3.58. The van der Waals surface area contributed by atoms with Crippen LogP contribution in [0.1, 0.15) is 28.5 Å². The van der Waals surface area contributed by atoms with Gasteiger partial charge in [0.1, 0.15) is 16.5 Å². The summed E-state index contributed by atoms with van der Waals surface area (Å²) >= 11 is 1.42. The first kappa shape index (κ1) is 21.5. The van der Waals surface area contributed by atoms with E-state index in [1.54, 1.807) is 29.6 Å². The Hall–Kier alpha value is -2.74. The van der Waals surface area contributed by atoms with Gasteiger partial charge in [-0.15, -0.1) is 11.3 Å². The molecule has 1 amide bonds. The van der Waals surface area contributed by atoms with Crippen molar-refractivity contribution in [3.05, 3.63) is 70.7 Å². The Balaban J connectivity index is 1.36. The van der Waals surface area contributed by atoms with Gasteiger partial charge in [-0.05, 0) is 41.9 Å². The van der Waals surface area contributed by atoms with E-state index < -0.39 is 0 Å². The van der Waals surface area contributed by atoms with Crippen LogP contribution in [-0.2, 0) is 13.1 Å². The van der Waals surface area contributed by atoms with E-state index in [1.807, 2.05) is 6.07 Å². The van der Waals surface area contributed by atoms with Crippen LogP contribution in [0.25, 0.3) is 10.6 Å². The second-order valence-corrected chi connectivity index (χ2v) is 8.60. The minimum atomic E-state index is -0.173. The quantitative estimate of drug-likeness (QED) is 0.593. The van der Waals surface area contributed by atoms with E-state index in [9.17, 15) is 9.90 Å². The maximum absolute atomic E-state index is 12.7. The molecule has 4 rings (SSSR count). The van der Waals surface area contributed by atoms with Crippen molar-refractivity contribution in [2.45, 2.75) is 20.0 Å². The van der Waals surface area contributed by atoms with Crippen LogP contribution in [-0.4, -0.2) is 58.5 Å². The number of phenolic OH excluding ortho intramolecular Hbond substituents is 1. The van der Waals surface area contributed by atoms with Gasteiger partial charge in [-0.25, -0.2) is 4.98 Å². The largest absolute Gasteiger partial charge is 0.508 e. The molecule has 0 atom stereocenters. The van der Waals surface area contributed by atoms with Crippen molar-refractivity contribution in [2.24, 2.45) is 0 Å². The maximum atomic E-state index is 12.7. The number of carbonyl (C=O) groups excluding carboxylic acids is 1. The number of hydrogen-bond acceptors (Lipinski definition) is 6. The lowest BCUT2D eigenvalue weighted by molar-refractivity contribution is 0.0946. The first-order valence-electron chi connectivity index (χ1n) is 10.7. The number of aromatic nitrogens is 1. The molecule has 7 heteroatoms. The Morgan fingerprint density at radius 2 is 1.71 bits per heavy atom. The number of nitrogens with zero attached hydrogens (tertiary/aromatic N) is 3. The number of carbonyl (C=O) groups is 1. The van der Waals surface area contributed by atoms with Crippen molar-refractivity contribution < 1.29 is 9.90 Å². The van der Waals surface area contributed by atoms with Crippen LogP contribution in [0.2, 0.25) is 0 Å². The molecule has 0 saturated carbocycles. The Labute approximate surface area is 187 Å². The third kappa shape index (κ3) is 5.50. The smallest absolute Gasteiger partial charge is 0.271 e. The summed E-state index contributed by atoms with van der Waals surface area (Å²) in [5.74, 6) is 0.0387. The van der Waals surface area contributed by atoms with E-state index in [2.05, 4.69) is 45.2 Å². The van der Waals surface area contributed by atoms with E-state index >= 15 is 0 Å². The first-order chi connectivity index (χ1) is 15.1. The third-order valence-corrected chi connectivity index (χ3v) is 6.61. The van der Waals surface area contributed by atoms with Crippen molar-refractivity contribution in [1.29, 1.82) is 0 Å². The number of piperazine rings is 1. The zero-order chi connectivity index (χ0) is 21.6. The molecule has 162 valence electrons. The van der Waals surface area contributed by atoms with Crippen LogP contribution in [0, 0.1) is 0 Å². The Morgan fingerprint density at radius 3 is 2.42 bits per heavy atom. The fourth-order valence-electron chi connectivity index (χ4n) is 3.77. The summed E-state index contributed by atoms with van der Waals surface area (Å²) in [5.41, 5.74) is 3.70. The van der Waals surface area contributed by atoms with Crippen LogP contribution >= 0.6 is 11.3 Å². The molecule has 2 heterocycles. The number of benzene rings is 2. The molecule has 31 heavy (non-hydrogen) atoms. The number of hydrogen-bond donors (Lipinski definition) is 2. The van der Waals surface area contributed by atoms with Crippen molar-refractivity contribution in [2.75, 3.05) is 32.7 Å². The number of nitrogens with one attached hydrogen (secondary N) is 1. The second-order valence-electron chi connectivity index (χ2n) is 7.75. The van der Waals surface area contributed by atoms with Gasteiger partial charge in [0.25, 0.3) is 5.91 Å². The van der Waals surface area contributed by atoms with Gasteiger partial charge in [0, 0.05) is 50.2 Å². The molecule has 0 aliphatic carbocycles. The summed E-state index contributed by atoms with van der Waals surface area (Å²) < 4.78 is 0. The van der Waals surface area contributed by atoms with Gasteiger partial charge in [0.05, 0.1) is 0 Å². The monoisotopic (exact) mass is 436 g/mol. The lowest BCUT2D eigenvalue weighted by atomic mass is 10.1. The van der Waals surface area contributed by atoms with Crippen molar-refractivity contribution in [1.82, 2.24) is 20.1 Å². The van der Waals surface area contributed by atoms with Crippen LogP contribution in [0.3, 0.4) is 0 Å². The molecule has 0 unspecified atom stereocenters. The van der Waals surface area contributed by atoms with E-state index in [1.165, 1.54) is 16.9 Å². The van der Waals surface area contributed by atoms with Gasteiger partial charge in [-0.1, -0.05) is 31.2 Å². The molecule has 0 bridgehead atoms. The fraction of sp³-hybridized carbons (Fsp3) is 0.333. The van der Waals surface area contributed by atoms with Crippen molar-refractivity contribution in [3.8, 4) is 16.3 Å². The zero-order valence-corrected chi connectivity index (χ0v) is 18.6. The Morgan fingerprint density at radius 1 is 1.03 bits per heavy atom. The molecule has 1 saturated heterocycles. The Kier molecular flexibility index (Phi) is 6.96. The van der Waals surface area contributed by atoms with Gasteiger partial charge >= 0.3 is 0 Å². The number of thiazole rings is 1. The number of rotatable bonds is 7. The molecule has 6 nitrogen and oxygen atoms in total. The topological polar surface area (TPSA) is 68.7 Å². The van der Waals surface area contributed by atoms with E-state index in [-0.39, 0.29) is 11.7 Å². The summed E-state index contributed by atoms with van der Waals surface area (Å²) in [6.45, 7) is 9.10. The molecule has 2 aromatic carbocycles. The van der Waals surface area contributed by atoms with E-state index in [4.69, 9.17) is 0 Å². The molecule has 0 spiro atoms. The highest BCUT2D eigenvalue weighted by molar-refractivity contribution is 7.13. The minimum absolute atomic E-state index is 0.173. The fourth-order valence-corrected chi connectivity index (χ4v) is 4.58. The van der Waals surface area contributed by atoms with Gasteiger partial charge in [-0.2, -0.15) is 0 Å². The summed E-state index contributed by atoms with van der Waals surface area (Å²) in [7, 11) is 0. The van der Waals surface area contributed by atoms with Crippen molar-refractivity contribution >= 4 is 17.2 Å². The number of amides is 1. The first-order valence-corrected chi connectivity index (χ1v) is 11.5. The van der Waals surface area contributed by atoms with Crippen molar-refractivity contribution in [3.63, 3.8) is 0 Å². The zero-order valence-electron chi connectivity index (χ0n) is 17.8. The number of aromatic hydroxyl groups is 1. The molecule has 2 N–H and O–H groups in total. The minimum Gasteiger partial charge on any atom is -0.508 e. The van der Waals surface area contributed by atoms with Crippen LogP contribution in [0.4, 0.5) is 0 Å². The summed E-state index contributed by atoms with van der Waals surface area (Å²) in [6.07, 6.45) is 0. The molecule has 0 radical (unpaired) electrons. The summed E-state index contributed by atoms with van der Waals surface area (Å²) in [6, 6.07) is 15.2. The average molecular weight is 437 g/mol. The maximum Gasteiger partial charge on any atom is 0.271 e. The second kappa shape index (κ2) is 10.0. The van der Waals surface area contributed by atoms with Crippen LogP contribution < -0.4 is 5.32 Å². The third-order valence-electron chi connectivity index (χ3n) is 5.71. The highest BCUT2D eigenvalue weighted by Gasteiger charge is 2.17. The van der Waals surface area contributed by atoms with Crippen LogP contribution in [0.15, 0.2) is 53.9 Å². The number of likely N-dealkylation sites (N-methyl/N-ethyl adjacent to an activating group) is 1. The highest BCUT2D eigenvalue weighted by Crippen LogP contribution is 2.25. The molecule has 1 aromatic heterocycles. The average Bonchev–Trinajstić information content (AvgIpc) is 3.30. The molecular weight excluding hydrogens is 408 g/mol. The highest BCUT2D eigenvalue weighted by atomic mass is 32.1. The lowest BCUT2D eigenvalue weighted by Crippen LogP contribution is -2.45. The molecule has 1 aliphatic rings. The van der Waals surface area contributed by atoms with E-state index in [0.717, 1.165) is 55.4 Å². The normalized spacial score (nSPS) is 15.1. The number of phenols is 1. The molecular formula is C24H28N4O2S. The molecule has 3 aromatic rings. The molecule has 1 fully saturated rings. The predicted molar refractivity (Wildman–Crippen MR) is 124 cm³/mol. The summed E-state index contributed by atoms with van der Waals surface area (Å²) in [4.78, 5) is 22.1. The molecule has 1 aliphatic heterocycles. The van der Waals surface area contributed by atoms with Gasteiger partial charge < -0.3 is 15.3 Å². The van der Waals surface area contributed by atoms with Crippen LogP contribution in [0.5, 0.6) is 5.75 Å². The Bertz CT molecular complexity index is 1010. The lowest BCUT2D eigenvalue weighted by Gasteiger charge is -2.34.